The fraction of sp³-hybridized carbons (Fsp3) is 0.409. The summed E-state index contributed by atoms with van der Waals surface area (Å²) in [6, 6.07) is 6.44. The van der Waals surface area contributed by atoms with Gasteiger partial charge in [-0.25, -0.2) is 4.98 Å². The first kappa shape index (κ1) is 23.0. The second-order valence-electron chi connectivity index (χ2n) is 8.50. The van der Waals surface area contributed by atoms with Crippen molar-refractivity contribution in [3.8, 4) is 5.75 Å². The molecule has 11 heteroatoms. The lowest BCUT2D eigenvalue weighted by Gasteiger charge is -2.27. The molecule has 1 aliphatic heterocycles. The number of ether oxygens (including phenoxy) is 2. The van der Waals surface area contributed by atoms with Crippen molar-refractivity contribution in [3.63, 3.8) is 0 Å². The summed E-state index contributed by atoms with van der Waals surface area (Å²) >= 11 is 0. The number of alkyl halides is 3. The van der Waals surface area contributed by atoms with Crippen molar-refractivity contribution >= 4 is 22.5 Å². The minimum absolute atomic E-state index is 0.206. The molecule has 8 nitrogen and oxygen atoms in total. The van der Waals surface area contributed by atoms with Crippen LogP contribution in [0.2, 0.25) is 0 Å². The van der Waals surface area contributed by atoms with Gasteiger partial charge in [0, 0.05) is 24.2 Å². The molecule has 1 aliphatic rings. The fourth-order valence-corrected chi connectivity index (χ4v) is 3.17. The Morgan fingerprint density at radius 1 is 1.30 bits per heavy atom. The molecule has 1 saturated heterocycles. The van der Waals surface area contributed by atoms with E-state index >= 15 is 0 Å². The number of halogens is 3. The van der Waals surface area contributed by atoms with Crippen molar-refractivity contribution in [2.75, 3.05) is 18.5 Å². The molecule has 0 unspecified atom stereocenters. The monoisotopic (exact) mass is 464 g/mol. The summed E-state index contributed by atoms with van der Waals surface area (Å²) in [4.78, 5) is 16.1. The summed E-state index contributed by atoms with van der Waals surface area (Å²) in [6.07, 6.45) is -2.63. The maximum absolute atomic E-state index is 13.0. The van der Waals surface area contributed by atoms with E-state index in [1.54, 1.807) is 36.9 Å². The van der Waals surface area contributed by atoms with Gasteiger partial charge < -0.3 is 19.9 Å². The van der Waals surface area contributed by atoms with Crippen LogP contribution in [0.1, 0.15) is 36.5 Å². The summed E-state index contributed by atoms with van der Waals surface area (Å²) < 4.78 is 51.6. The standard InChI is InChI=1S/C22H23F3N4O4/c1-21(2,31)6-7-29-10-13-8-17(18(9-16(13)28-29)33-14-11-32-12-14)27-20(30)15-4-3-5-19(26-15)22(23,24)25/h3-5,8-10,14,31H,6-7,11-12H2,1-2H3,(H,27,30). The van der Waals surface area contributed by atoms with Gasteiger partial charge >= 0.3 is 6.18 Å². The second kappa shape index (κ2) is 8.64. The highest BCUT2D eigenvalue weighted by molar-refractivity contribution is 6.05. The van der Waals surface area contributed by atoms with Crippen LogP contribution in [-0.2, 0) is 17.5 Å². The summed E-state index contributed by atoms with van der Waals surface area (Å²) in [5.41, 5.74) is -1.49. The molecule has 2 aromatic heterocycles. The third kappa shape index (κ3) is 5.60. The molecule has 33 heavy (non-hydrogen) atoms. The van der Waals surface area contributed by atoms with Crippen LogP contribution in [0.3, 0.4) is 0 Å². The first-order valence-corrected chi connectivity index (χ1v) is 10.3. The van der Waals surface area contributed by atoms with E-state index in [0.717, 1.165) is 12.1 Å². The van der Waals surface area contributed by atoms with E-state index in [2.05, 4.69) is 15.4 Å². The number of carbonyl (C=O) groups is 1. The molecule has 0 saturated carbocycles. The zero-order valence-corrected chi connectivity index (χ0v) is 18.0. The van der Waals surface area contributed by atoms with Gasteiger partial charge in [-0.2, -0.15) is 18.3 Å². The van der Waals surface area contributed by atoms with E-state index < -0.39 is 23.4 Å². The number of aryl methyl sites for hydroxylation is 1. The Kier molecular flexibility index (Phi) is 6.02. The maximum atomic E-state index is 13.0. The predicted octanol–water partition coefficient (Wildman–Crippen LogP) is 3.64. The highest BCUT2D eigenvalue weighted by Crippen LogP contribution is 2.33. The average Bonchev–Trinajstić information content (AvgIpc) is 3.10. The van der Waals surface area contributed by atoms with Crippen LogP contribution < -0.4 is 10.1 Å². The van der Waals surface area contributed by atoms with Gasteiger partial charge in [-0.3, -0.25) is 9.48 Å². The molecule has 0 radical (unpaired) electrons. The van der Waals surface area contributed by atoms with Gasteiger partial charge in [0.25, 0.3) is 5.91 Å². The average molecular weight is 464 g/mol. The third-order valence-electron chi connectivity index (χ3n) is 5.03. The zero-order valence-electron chi connectivity index (χ0n) is 18.0. The van der Waals surface area contributed by atoms with Crippen LogP contribution in [0.4, 0.5) is 18.9 Å². The summed E-state index contributed by atoms with van der Waals surface area (Å²) in [5.74, 6) is -0.478. The van der Waals surface area contributed by atoms with Gasteiger partial charge in [-0.1, -0.05) is 6.07 Å². The molecular weight excluding hydrogens is 441 g/mol. The van der Waals surface area contributed by atoms with E-state index in [9.17, 15) is 23.1 Å². The lowest BCUT2D eigenvalue weighted by atomic mass is 10.1. The van der Waals surface area contributed by atoms with Gasteiger partial charge in [0.05, 0.1) is 30.0 Å². The molecule has 3 aromatic rings. The first-order valence-electron chi connectivity index (χ1n) is 10.3. The summed E-state index contributed by atoms with van der Waals surface area (Å²) in [6.45, 7) is 4.67. The number of rotatable bonds is 7. The van der Waals surface area contributed by atoms with Crippen molar-refractivity contribution in [3.05, 3.63) is 47.9 Å². The summed E-state index contributed by atoms with van der Waals surface area (Å²) in [5, 5.41) is 17.7. The Morgan fingerprint density at radius 2 is 2.06 bits per heavy atom. The Labute approximate surface area is 187 Å². The van der Waals surface area contributed by atoms with Crippen molar-refractivity contribution in [1.82, 2.24) is 14.8 Å². The van der Waals surface area contributed by atoms with Crippen LogP contribution >= 0.6 is 0 Å². The molecule has 0 spiro atoms. The van der Waals surface area contributed by atoms with Crippen molar-refractivity contribution in [2.45, 2.75) is 44.7 Å². The van der Waals surface area contributed by atoms with E-state index in [-0.39, 0.29) is 17.5 Å². The van der Waals surface area contributed by atoms with Gasteiger partial charge in [0.2, 0.25) is 0 Å². The smallest absolute Gasteiger partial charge is 0.433 e. The SMILES string of the molecule is CC(C)(O)CCn1cc2cc(NC(=O)c3cccc(C(F)(F)F)n3)c(OC3COC3)cc2n1. The highest BCUT2D eigenvalue weighted by atomic mass is 19.4. The van der Waals surface area contributed by atoms with Crippen LogP contribution in [-0.4, -0.2) is 50.7 Å². The second-order valence-corrected chi connectivity index (χ2v) is 8.50. The lowest BCUT2D eigenvalue weighted by molar-refractivity contribution is -0.141. The lowest BCUT2D eigenvalue weighted by Crippen LogP contribution is -2.38. The van der Waals surface area contributed by atoms with E-state index in [1.165, 1.54) is 6.07 Å². The molecule has 1 aromatic carbocycles. The Morgan fingerprint density at radius 3 is 2.70 bits per heavy atom. The molecule has 1 fully saturated rings. The third-order valence-corrected chi connectivity index (χ3v) is 5.03. The number of carbonyl (C=O) groups excluding carboxylic acids is 1. The van der Waals surface area contributed by atoms with Crippen LogP contribution in [0.25, 0.3) is 10.9 Å². The van der Waals surface area contributed by atoms with Crippen LogP contribution in [0, 0.1) is 0 Å². The highest BCUT2D eigenvalue weighted by Gasteiger charge is 2.33. The number of nitrogens with one attached hydrogen (secondary N) is 1. The number of aliphatic hydroxyl groups is 1. The van der Waals surface area contributed by atoms with Crippen molar-refractivity contribution in [2.24, 2.45) is 0 Å². The largest absolute Gasteiger partial charge is 0.483 e. The van der Waals surface area contributed by atoms with E-state index in [0.29, 0.717) is 42.8 Å². The van der Waals surface area contributed by atoms with Crippen molar-refractivity contribution < 1.29 is 32.5 Å². The van der Waals surface area contributed by atoms with Crippen molar-refractivity contribution in [1.29, 1.82) is 0 Å². The zero-order chi connectivity index (χ0) is 23.8. The minimum atomic E-state index is -4.66. The fourth-order valence-electron chi connectivity index (χ4n) is 3.17. The molecule has 0 aliphatic carbocycles. The Bertz CT molecular complexity index is 1170. The van der Waals surface area contributed by atoms with Gasteiger partial charge in [-0.15, -0.1) is 0 Å². The summed E-state index contributed by atoms with van der Waals surface area (Å²) in [7, 11) is 0. The number of pyridine rings is 1. The van der Waals surface area contributed by atoms with Gasteiger partial charge in [0.15, 0.2) is 0 Å². The molecule has 2 N–H and O–H groups in total. The topological polar surface area (TPSA) is 98.5 Å². The molecule has 4 rings (SSSR count). The molecule has 176 valence electrons. The molecule has 0 bridgehead atoms. The first-order chi connectivity index (χ1) is 15.5. The van der Waals surface area contributed by atoms with E-state index in [4.69, 9.17) is 9.47 Å². The van der Waals surface area contributed by atoms with E-state index in [1.807, 2.05) is 0 Å². The number of fused-ring (bicyclic) bond motifs is 1. The number of hydrogen-bond acceptors (Lipinski definition) is 6. The number of hydrogen-bond donors (Lipinski definition) is 2. The molecule has 1 amide bonds. The predicted molar refractivity (Wildman–Crippen MR) is 113 cm³/mol. The number of benzene rings is 1. The molecule has 3 heterocycles. The number of anilines is 1. The van der Waals surface area contributed by atoms with Gasteiger partial charge in [0.1, 0.15) is 23.2 Å². The number of nitrogens with zero attached hydrogens (tertiary/aromatic N) is 3. The quantitative estimate of drug-likeness (QED) is 0.554. The molecule has 0 atom stereocenters. The van der Waals surface area contributed by atoms with Crippen LogP contribution in [0.15, 0.2) is 36.5 Å². The maximum Gasteiger partial charge on any atom is 0.433 e. The van der Waals surface area contributed by atoms with Crippen LogP contribution in [0.5, 0.6) is 5.75 Å². The number of amides is 1. The van der Waals surface area contributed by atoms with Gasteiger partial charge in [-0.05, 0) is 38.5 Å². The number of aromatic nitrogens is 3. The Balaban J connectivity index is 1.63. The minimum Gasteiger partial charge on any atom is -0.483 e. The molecular formula is C22H23F3N4O4. The Hall–Kier alpha value is -3.18. The normalized spacial score (nSPS) is 14.8.